The Balaban J connectivity index is 2.20. The number of carbonyl (C=O) groups is 1. The summed E-state index contributed by atoms with van der Waals surface area (Å²) in [6.45, 7) is 6.23. The number of rotatable bonds is 5. The van der Waals surface area contributed by atoms with Gasteiger partial charge in [0.1, 0.15) is 0 Å². The summed E-state index contributed by atoms with van der Waals surface area (Å²) >= 11 is 0. The van der Waals surface area contributed by atoms with Gasteiger partial charge in [0, 0.05) is 11.1 Å². The first-order valence-electron chi connectivity index (χ1n) is 7.32. The van der Waals surface area contributed by atoms with Gasteiger partial charge in [-0.3, -0.25) is 4.79 Å². The average molecular weight is 266 g/mol. The normalized spacial score (nSPS) is 10.6. The van der Waals surface area contributed by atoms with Crippen LogP contribution in [0.4, 0.5) is 0 Å². The molecule has 0 radical (unpaired) electrons. The zero-order chi connectivity index (χ0) is 14.5. The summed E-state index contributed by atoms with van der Waals surface area (Å²) in [4.78, 5) is 12.5. The van der Waals surface area contributed by atoms with Crippen molar-refractivity contribution in [2.45, 2.75) is 40.0 Å². The van der Waals surface area contributed by atoms with Gasteiger partial charge in [-0.15, -0.1) is 0 Å². The highest BCUT2D eigenvalue weighted by molar-refractivity contribution is 6.09. The Kier molecular flexibility index (Phi) is 4.73. The van der Waals surface area contributed by atoms with Crippen molar-refractivity contribution in [1.29, 1.82) is 0 Å². The molecule has 0 N–H and O–H groups in total. The molecule has 104 valence electrons. The lowest BCUT2D eigenvalue weighted by atomic mass is 9.96. The highest BCUT2D eigenvalue weighted by Crippen LogP contribution is 2.17. The van der Waals surface area contributed by atoms with E-state index in [1.807, 2.05) is 38.1 Å². The maximum atomic E-state index is 12.5. The van der Waals surface area contributed by atoms with E-state index in [0.29, 0.717) is 0 Å². The van der Waals surface area contributed by atoms with Gasteiger partial charge < -0.3 is 0 Å². The van der Waals surface area contributed by atoms with Gasteiger partial charge in [-0.05, 0) is 37.8 Å². The van der Waals surface area contributed by atoms with Gasteiger partial charge in [0.15, 0.2) is 5.78 Å². The summed E-state index contributed by atoms with van der Waals surface area (Å²) in [7, 11) is 0. The monoisotopic (exact) mass is 266 g/mol. The molecule has 0 fully saturated rings. The van der Waals surface area contributed by atoms with Crippen LogP contribution in [-0.2, 0) is 6.42 Å². The van der Waals surface area contributed by atoms with E-state index < -0.39 is 0 Å². The minimum atomic E-state index is 0.115. The summed E-state index contributed by atoms with van der Waals surface area (Å²) in [5.41, 5.74) is 5.12. The SMILES string of the molecule is CCCCc1ccc(C(=O)c2ccc(C)cc2C)cc1. The Labute approximate surface area is 121 Å². The van der Waals surface area contributed by atoms with Gasteiger partial charge in [0.05, 0.1) is 0 Å². The third-order valence-electron chi connectivity index (χ3n) is 3.66. The molecule has 0 unspecified atom stereocenters. The van der Waals surface area contributed by atoms with Gasteiger partial charge in [-0.2, -0.15) is 0 Å². The third-order valence-corrected chi connectivity index (χ3v) is 3.66. The maximum absolute atomic E-state index is 12.5. The average Bonchev–Trinajstić information content (AvgIpc) is 2.45. The Morgan fingerprint density at radius 2 is 1.70 bits per heavy atom. The van der Waals surface area contributed by atoms with Crippen LogP contribution in [0.3, 0.4) is 0 Å². The van der Waals surface area contributed by atoms with Crippen LogP contribution < -0.4 is 0 Å². The predicted molar refractivity (Wildman–Crippen MR) is 84.4 cm³/mol. The molecule has 0 saturated heterocycles. The molecule has 2 aromatic rings. The molecule has 1 heteroatoms. The molecule has 0 spiro atoms. The largest absolute Gasteiger partial charge is 0.289 e. The number of aryl methyl sites for hydroxylation is 3. The van der Waals surface area contributed by atoms with Crippen molar-refractivity contribution >= 4 is 5.78 Å². The molecule has 0 heterocycles. The second-order valence-electron chi connectivity index (χ2n) is 5.45. The van der Waals surface area contributed by atoms with E-state index in [4.69, 9.17) is 0 Å². The van der Waals surface area contributed by atoms with Crippen molar-refractivity contribution in [3.05, 3.63) is 70.3 Å². The molecule has 0 aromatic heterocycles. The van der Waals surface area contributed by atoms with Gasteiger partial charge >= 0.3 is 0 Å². The standard InChI is InChI=1S/C19H22O/c1-4-5-6-16-8-10-17(11-9-16)19(20)18-12-7-14(2)13-15(18)3/h7-13H,4-6H2,1-3H3. The van der Waals surface area contributed by atoms with Gasteiger partial charge in [0.2, 0.25) is 0 Å². The van der Waals surface area contributed by atoms with Gasteiger partial charge in [-0.1, -0.05) is 61.4 Å². The molecule has 0 saturated carbocycles. The topological polar surface area (TPSA) is 17.1 Å². The molecule has 2 rings (SSSR count). The molecular weight excluding hydrogens is 244 g/mol. The minimum absolute atomic E-state index is 0.115. The Bertz CT molecular complexity index is 594. The lowest BCUT2D eigenvalue weighted by Crippen LogP contribution is -2.04. The molecule has 20 heavy (non-hydrogen) atoms. The lowest BCUT2D eigenvalue weighted by Gasteiger charge is -2.07. The second-order valence-corrected chi connectivity index (χ2v) is 5.45. The first-order chi connectivity index (χ1) is 9.61. The fraction of sp³-hybridized carbons (Fsp3) is 0.316. The third kappa shape index (κ3) is 3.36. The Hall–Kier alpha value is -1.89. The molecule has 0 bridgehead atoms. The highest BCUT2D eigenvalue weighted by Gasteiger charge is 2.11. The van der Waals surface area contributed by atoms with Crippen LogP contribution in [0.2, 0.25) is 0 Å². The molecule has 2 aromatic carbocycles. The molecule has 0 aliphatic heterocycles. The van der Waals surface area contributed by atoms with Crippen molar-refractivity contribution in [3.8, 4) is 0 Å². The number of hydrogen-bond acceptors (Lipinski definition) is 1. The number of unbranched alkanes of at least 4 members (excludes halogenated alkanes) is 1. The van der Waals surface area contributed by atoms with Crippen LogP contribution in [-0.4, -0.2) is 5.78 Å². The Morgan fingerprint density at radius 1 is 1.00 bits per heavy atom. The zero-order valence-electron chi connectivity index (χ0n) is 12.6. The van der Waals surface area contributed by atoms with E-state index in [1.54, 1.807) is 0 Å². The summed E-state index contributed by atoms with van der Waals surface area (Å²) in [6.07, 6.45) is 3.49. The molecule has 0 aliphatic rings. The summed E-state index contributed by atoms with van der Waals surface area (Å²) in [5.74, 6) is 0.115. The van der Waals surface area contributed by atoms with Crippen molar-refractivity contribution in [2.24, 2.45) is 0 Å². The number of ketones is 1. The number of hydrogen-bond donors (Lipinski definition) is 0. The van der Waals surface area contributed by atoms with Crippen molar-refractivity contribution in [2.75, 3.05) is 0 Å². The van der Waals surface area contributed by atoms with Gasteiger partial charge in [0.25, 0.3) is 0 Å². The van der Waals surface area contributed by atoms with Crippen LogP contribution in [0.25, 0.3) is 0 Å². The predicted octanol–water partition coefficient (Wildman–Crippen LogP) is 4.88. The smallest absolute Gasteiger partial charge is 0.193 e. The fourth-order valence-corrected chi connectivity index (χ4v) is 2.43. The first kappa shape index (κ1) is 14.5. The molecule has 0 amide bonds. The molecule has 1 nitrogen and oxygen atoms in total. The Morgan fingerprint density at radius 3 is 2.30 bits per heavy atom. The van der Waals surface area contributed by atoms with Crippen molar-refractivity contribution in [3.63, 3.8) is 0 Å². The van der Waals surface area contributed by atoms with Crippen molar-refractivity contribution in [1.82, 2.24) is 0 Å². The molecule has 0 atom stereocenters. The quantitative estimate of drug-likeness (QED) is 0.705. The van der Waals surface area contributed by atoms with Crippen LogP contribution >= 0.6 is 0 Å². The van der Waals surface area contributed by atoms with Crippen molar-refractivity contribution < 1.29 is 4.79 Å². The fourth-order valence-electron chi connectivity index (χ4n) is 2.43. The zero-order valence-corrected chi connectivity index (χ0v) is 12.6. The summed E-state index contributed by atoms with van der Waals surface area (Å²) < 4.78 is 0. The maximum Gasteiger partial charge on any atom is 0.193 e. The van der Waals surface area contributed by atoms with Crippen LogP contribution in [0, 0.1) is 13.8 Å². The van der Waals surface area contributed by atoms with E-state index in [1.165, 1.54) is 24.0 Å². The van der Waals surface area contributed by atoms with Crippen LogP contribution in [0.15, 0.2) is 42.5 Å². The number of benzene rings is 2. The summed E-state index contributed by atoms with van der Waals surface area (Å²) in [5, 5.41) is 0. The van der Waals surface area contributed by atoms with Crippen LogP contribution in [0.5, 0.6) is 0 Å². The number of carbonyl (C=O) groups excluding carboxylic acids is 1. The van der Waals surface area contributed by atoms with E-state index in [0.717, 1.165) is 23.1 Å². The lowest BCUT2D eigenvalue weighted by molar-refractivity contribution is 0.103. The summed E-state index contributed by atoms with van der Waals surface area (Å²) in [6, 6.07) is 14.0. The van der Waals surface area contributed by atoms with E-state index in [9.17, 15) is 4.79 Å². The van der Waals surface area contributed by atoms with E-state index >= 15 is 0 Å². The first-order valence-corrected chi connectivity index (χ1v) is 7.32. The van der Waals surface area contributed by atoms with E-state index in [2.05, 4.69) is 25.1 Å². The molecule has 0 aliphatic carbocycles. The van der Waals surface area contributed by atoms with Gasteiger partial charge in [-0.25, -0.2) is 0 Å². The highest BCUT2D eigenvalue weighted by atomic mass is 16.1. The second kappa shape index (κ2) is 6.51. The van der Waals surface area contributed by atoms with E-state index in [-0.39, 0.29) is 5.78 Å². The minimum Gasteiger partial charge on any atom is -0.289 e. The van der Waals surface area contributed by atoms with Crippen LogP contribution in [0.1, 0.15) is 52.4 Å². The molecular formula is C19H22O.